The molecular weight excluding hydrogens is 607 g/mol. The van der Waals surface area contributed by atoms with Crippen molar-refractivity contribution in [3.05, 3.63) is 152 Å². The number of hydrogen-bond donors (Lipinski definition) is 0. The monoisotopic (exact) mass is 631 g/mol. The summed E-state index contributed by atoms with van der Waals surface area (Å²) in [4.78, 5) is 15.4. The van der Waals surface area contributed by atoms with Gasteiger partial charge in [0.25, 0.3) is 0 Å². The first-order valence-electron chi connectivity index (χ1n) is 15.9. The first kappa shape index (κ1) is 27.0. The van der Waals surface area contributed by atoms with Gasteiger partial charge in [-0.15, -0.1) is 11.3 Å². The molecule has 0 aliphatic rings. The molecule has 0 aliphatic heterocycles. The summed E-state index contributed by atoms with van der Waals surface area (Å²) in [5.74, 6) is 1.87. The van der Waals surface area contributed by atoms with Gasteiger partial charge in [-0.3, -0.25) is 0 Å². The van der Waals surface area contributed by atoms with Gasteiger partial charge in [0.15, 0.2) is 17.5 Å². The van der Waals surface area contributed by atoms with Gasteiger partial charge >= 0.3 is 0 Å². The molecule has 10 aromatic rings. The van der Waals surface area contributed by atoms with Crippen molar-refractivity contribution in [1.82, 2.24) is 15.0 Å². The van der Waals surface area contributed by atoms with Crippen LogP contribution in [0.2, 0.25) is 0 Å². The van der Waals surface area contributed by atoms with E-state index in [4.69, 9.17) is 19.4 Å². The minimum absolute atomic E-state index is 0.606. The Morgan fingerprint density at radius 3 is 1.85 bits per heavy atom. The molecule has 48 heavy (non-hydrogen) atoms. The van der Waals surface area contributed by atoms with Crippen molar-refractivity contribution in [2.75, 3.05) is 0 Å². The molecule has 0 radical (unpaired) electrons. The maximum atomic E-state index is 6.75. The second kappa shape index (κ2) is 10.7. The number of aromatic nitrogens is 3. The zero-order valence-electron chi connectivity index (χ0n) is 25.6. The zero-order chi connectivity index (χ0) is 31.6. The molecular formula is C43H25N3OS. The SMILES string of the molecule is c1ccc(-c2nc(-c3ccc4sc5ccccc5c4c3)nc(-c3ccc(-c4ccccc4)c4oc5cc6ccccc6cc5c34)n2)cc1. The van der Waals surface area contributed by atoms with Crippen molar-refractivity contribution in [1.29, 1.82) is 0 Å². The molecule has 224 valence electrons. The standard InChI is InChI=1S/C43H25N3OS/c1-3-11-26(12-4-1)31-20-21-33(39-35-23-28-15-7-8-16-29(28)25-36(35)47-40(31)39)43-45-41(27-13-5-2-6-14-27)44-42(46-43)30-19-22-38-34(24-30)32-17-9-10-18-37(32)48-38/h1-25H. The molecule has 7 aromatic carbocycles. The van der Waals surface area contributed by atoms with E-state index in [0.717, 1.165) is 60.5 Å². The Bertz CT molecular complexity index is 2840. The largest absolute Gasteiger partial charge is 0.455 e. The Morgan fingerprint density at radius 2 is 1.04 bits per heavy atom. The van der Waals surface area contributed by atoms with E-state index in [0.29, 0.717) is 17.5 Å². The van der Waals surface area contributed by atoms with Gasteiger partial charge in [-0.25, -0.2) is 15.0 Å². The van der Waals surface area contributed by atoms with Crippen LogP contribution in [-0.2, 0) is 0 Å². The number of furan rings is 1. The summed E-state index contributed by atoms with van der Waals surface area (Å²) in [6, 6.07) is 52.6. The van der Waals surface area contributed by atoms with E-state index >= 15 is 0 Å². The third-order valence-corrected chi connectivity index (χ3v) is 10.3. The van der Waals surface area contributed by atoms with Crippen LogP contribution in [-0.4, -0.2) is 15.0 Å². The fourth-order valence-corrected chi connectivity index (χ4v) is 7.89. The lowest BCUT2D eigenvalue weighted by molar-refractivity contribution is 0.670. The number of thiophene rings is 1. The Labute approximate surface area is 279 Å². The van der Waals surface area contributed by atoms with Crippen molar-refractivity contribution in [3.63, 3.8) is 0 Å². The number of hydrogen-bond acceptors (Lipinski definition) is 5. The molecule has 0 saturated heterocycles. The molecule has 0 aliphatic carbocycles. The molecule has 10 rings (SSSR count). The molecule has 0 unspecified atom stereocenters. The number of fused-ring (bicyclic) bond motifs is 7. The Balaban J connectivity index is 1.27. The van der Waals surface area contributed by atoms with Gasteiger partial charge in [-0.05, 0) is 64.9 Å². The zero-order valence-corrected chi connectivity index (χ0v) is 26.4. The molecule has 0 saturated carbocycles. The Morgan fingerprint density at radius 1 is 0.417 bits per heavy atom. The van der Waals surface area contributed by atoms with E-state index in [1.807, 2.05) is 36.4 Å². The van der Waals surface area contributed by atoms with Crippen LogP contribution in [0.15, 0.2) is 156 Å². The summed E-state index contributed by atoms with van der Waals surface area (Å²) in [5, 5.41) is 6.77. The normalized spacial score (nSPS) is 11.8. The van der Waals surface area contributed by atoms with Crippen molar-refractivity contribution in [3.8, 4) is 45.3 Å². The van der Waals surface area contributed by atoms with Crippen LogP contribution in [0.25, 0.3) is 98.2 Å². The second-order valence-corrected chi connectivity index (χ2v) is 13.1. The average molecular weight is 632 g/mol. The van der Waals surface area contributed by atoms with Crippen LogP contribution in [0.4, 0.5) is 0 Å². The number of nitrogens with zero attached hydrogens (tertiary/aromatic N) is 3. The summed E-state index contributed by atoms with van der Waals surface area (Å²) in [5.41, 5.74) is 6.56. The lowest BCUT2D eigenvalue weighted by Crippen LogP contribution is -2.00. The van der Waals surface area contributed by atoms with Gasteiger partial charge < -0.3 is 4.42 Å². The van der Waals surface area contributed by atoms with E-state index in [2.05, 4.69) is 115 Å². The lowest BCUT2D eigenvalue weighted by atomic mass is 9.97. The smallest absolute Gasteiger partial charge is 0.164 e. The number of rotatable bonds is 4. The fourth-order valence-electron chi connectivity index (χ4n) is 6.80. The van der Waals surface area contributed by atoms with Gasteiger partial charge in [0, 0.05) is 53.2 Å². The summed E-state index contributed by atoms with van der Waals surface area (Å²) >= 11 is 1.81. The van der Waals surface area contributed by atoms with E-state index in [1.54, 1.807) is 11.3 Å². The maximum Gasteiger partial charge on any atom is 0.164 e. The predicted octanol–water partition coefficient (Wildman–Crippen LogP) is 12.0. The van der Waals surface area contributed by atoms with Crippen molar-refractivity contribution in [2.45, 2.75) is 0 Å². The molecule has 0 atom stereocenters. The molecule has 5 heteroatoms. The van der Waals surface area contributed by atoms with Crippen LogP contribution in [0.5, 0.6) is 0 Å². The van der Waals surface area contributed by atoms with E-state index in [1.165, 1.54) is 20.2 Å². The van der Waals surface area contributed by atoms with Gasteiger partial charge in [-0.2, -0.15) is 0 Å². The van der Waals surface area contributed by atoms with Gasteiger partial charge in [0.05, 0.1) is 0 Å². The van der Waals surface area contributed by atoms with Crippen LogP contribution in [0.3, 0.4) is 0 Å². The average Bonchev–Trinajstić information content (AvgIpc) is 3.72. The first-order chi connectivity index (χ1) is 23.8. The highest BCUT2D eigenvalue weighted by atomic mass is 32.1. The second-order valence-electron chi connectivity index (χ2n) is 12.0. The third-order valence-electron chi connectivity index (χ3n) is 9.11. The summed E-state index contributed by atoms with van der Waals surface area (Å²) in [7, 11) is 0. The minimum atomic E-state index is 0.606. The lowest BCUT2D eigenvalue weighted by Gasteiger charge is -2.11. The first-order valence-corrected chi connectivity index (χ1v) is 16.8. The van der Waals surface area contributed by atoms with Crippen molar-refractivity contribution < 1.29 is 4.42 Å². The Hall–Kier alpha value is -6.17. The summed E-state index contributed by atoms with van der Waals surface area (Å²) in [6.07, 6.45) is 0. The van der Waals surface area contributed by atoms with Gasteiger partial charge in [-0.1, -0.05) is 103 Å². The highest BCUT2D eigenvalue weighted by Crippen LogP contribution is 2.43. The van der Waals surface area contributed by atoms with Crippen LogP contribution < -0.4 is 0 Å². The third kappa shape index (κ3) is 4.33. The highest BCUT2D eigenvalue weighted by molar-refractivity contribution is 7.25. The summed E-state index contributed by atoms with van der Waals surface area (Å²) < 4.78 is 9.26. The van der Waals surface area contributed by atoms with Gasteiger partial charge in [0.1, 0.15) is 11.2 Å². The molecule has 0 fully saturated rings. The quantitative estimate of drug-likeness (QED) is 0.194. The van der Waals surface area contributed by atoms with Crippen LogP contribution in [0, 0.1) is 0 Å². The molecule has 0 bridgehead atoms. The van der Waals surface area contributed by atoms with Gasteiger partial charge in [0.2, 0.25) is 0 Å². The minimum Gasteiger partial charge on any atom is -0.455 e. The van der Waals surface area contributed by atoms with Crippen molar-refractivity contribution >= 4 is 64.2 Å². The van der Waals surface area contributed by atoms with E-state index < -0.39 is 0 Å². The maximum absolute atomic E-state index is 6.75. The predicted molar refractivity (Wildman–Crippen MR) is 199 cm³/mol. The number of benzene rings is 7. The molecule has 0 spiro atoms. The van der Waals surface area contributed by atoms with E-state index in [9.17, 15) is 0 Å². The Kier molecular flexibility index (Phi) is 6.01. The summed E-state index contributed by atoms with van der Waals surface area (Å²) in [6.45, 7) is 0. The van der Waals surface area contributed by atoms with E-state index in [-0.39, 0.29) is 0 Å². The molecule has 0 amide bonds. The molecule has 4 nitrogen and oxygen atoms in total. The highest BCUT2D eigenvalue weighted by Gasteiger charge is 2.21. The molecule has 3 aromatic heterocycles. The van der Waals surface area contributed by atoms with Crippen LogP contribution >= 0.6 is 11.3 Å². The van der Waals surface area contributed by atoms with Crippen LogP contribution in [0.1, 0.15) is 0 Å². The van der Waals surface area contributed by atoms with Crippen molar-refractivity contribution in [2.24, 2.45) is 0 Å². The molecule has 0 N–H and O–H groups in total. The fraction of sp³-hybridized carbons (Fsp3) is 0. The topological polar surface area (TPSA) is 51.8 Å². The molecule has 3 heterocycles.